The van der Waals surface area contributed by atoms with Gasteiger partial charge in [-0.2, -0.15) is 0 Å². The molecule has 0 amide bonds. The minimum Gasteiger partial charge on any atom is -0.481 e. The van der Waals surface area contributed by atoms with E-state index in [9.17, 15) is 4.79 Å². The number of hydrogen-bond donors (Lipinski definition) is 1. The second-order valence-electron chi connectivity index (χ2n) is 4.67. The molecule has 9 heteroatoms. The van der Waals surface area contributed by atoms with Gasteiger partial charge in [0, 0.05) is 32.0 Å². The Morgan fingerprint density at radius 2 is 2.29 bits per heavy atom. The number of thioether (sulfide) groups is 1. The lowest BCUT2D eigenvalue weighted by Crippen LogP contribution is -2.35. The van der Waals surface area contributed by atoms with Crippen LogP contribution in [0.3, 0.4) is 0 Å². The second kappa shape index (κ2) is 5.76. The fraction of sp³-hybridized carbons (Fsp3) is 0.500. The zero-order valence-electron chi connectivity index (χ0n) is 11.6. The van der Waals surface area contributed by atoms with Crippen molar-refractivity contribution in [3.63, 3.8) is 0 Å². The van der Waals surface area contributed by atoms with Crippen LogP contribution in [0.15, 0.2) is 17.6 Å². The number of carboxylic acid groups (broad SMARTS) is 1. The van der Waals surface area contributed by atoms with Crippen LogP contribution in [-0.2, 0) is 24.4 Å². The van der Waals surface area contributed by atoms with Crippen molar-refractivity contribution in [1.82, 2.24) is 24.3 Å². The van der Waals surface area contributed by atoms with E-state index in [4.69, 9.17) is 5.11 Å². The van der Waals surface area contributed by atoms with Crippen LogP contribution in [-0.4, -0.2) is 47.7 Å². The number of carbonyl (C=O) groups is 1. The first-order chi connectivity index (χ1) is 10.2. The van der Waals surface area contributed by atoms with Gasteiger partial charge < -0.3 is 14.6 Å². The summed E-state index contributed by atoms with van der Waals surface area (Å²) in [5.74, 6) is 0.918. The number of anilines is 1. The van der Waals surface area contributed by atoms with Crippen molar-refractivity contribution in [3.8, 4) is 0 Å². The number of hydrogen-bond acceptors (Lipinski definition) is 6. The zero-order valence-corrected chi connectivity index (χ0v) is 12.5. The predicted octanol–water partition coefficient (Wildman–Crippen LogP) is 0.691. The molecule has 2 aromatic heterocycles. The van der Waals surface area contributed by atoms with E-state index in [0.29, 0.717) is 18.2 Å². The first-order valence-corrected chi connectivity index (χ1v) is 7.70. The van der Waals surface area contributed by atoms with Gasteiger partial charge in [0.05, 0.1) is 12.3 Å². The molecule has 3 rings (SSSR count). The summed E-state index contributed by atoms with van der Waals surface area (Å²) in [6.45, 7) is 5.10. The summed E-state index contributed by atoms with van der Waals surface area (Å²) in [6, 6.07) is 0. The van der Waals surface area contributed by atoms with Crippen molar-refractivity contribution in [3.05, 3.63) is 18.2 Å². The van der Waals surface area contributed by atoms with Gasteiger partial charge in [0.15, 0.2) is 5.16 Å². The van der Waals surface area contributed by atoms with Crippen molar-refractivity contribution >= 4 is 23.7 Å². The van der Waals surface area contributed by atoms with Gasteiger partial charge in [-0.3, -0.25) is 9.36 Å². The molecule has 112 valence electrons. The van der Waals surface area contributed by atoms with Crippen LogP contribution < -0.4 is 4.90 Å². The summed E-state index contributed by atoms with van der Waals surface area (Å²) in [5, 5.41) is 17.8. The molecule has 3 heterocycles. The summed E-state index contributed by atoms with van der Waals surface area (Å²) in [7, 11) is 0. The van der Waals surface area contributed by atoms with Gasteiger partial charge in [0.25, 0.3) is 0 Å². The second-order valence-corrected chi connectivity index (χ2v) is 5.61. The van der Waals surface area contributed by atoms with Crippen LogP contribution in [0.1, 0.15) is 12.7 Å². The van der Waals surface area contributed by atoms with Gasteiger partial charge >= 0.3 is 5.97 Å². The van der Waals surface area contributed by atoms with Crippen LogP contribution in [0, 0.1) is 0 Å². The van der Waals surface area contributed by atoms with Crippen LogP contribution in [0.4, 0.5) is 5.95 Å². The van der Waals surface area contributed by atoms with Gasteiger partial charge in [0.2, 0.25) is 5.95 Å². The molecule has 0 saturated carbocycles. The lowest BCUT2D eigenvalue weighted by molar-refractivity contribution is -0.133. The van der Waals surface area contributed by atoms with Gasteiger partial charge in [-0.1, -0.05) is 11.8 Å². The van der Waals surface area contributed by atoms with Crippen LogP contribution in [0.25, 0.3) is 0 Å². The van der Waals surface area contributed by atoms with Gasteiger partial charge in [-0.15, -0.1) is 10.2 Å². The molecule has 0 aromatic carbocycles. The fourth-order valence-electron chi connectivity index (χ4n) is 2.37. The van der Waals surface area contributed by atoms with Gasteiger partial charge in [-0.05, 0) is 6.92 Å². The molecular formula is C12H16N6O2S. The summed E-state index contributed by atoms with van der Waals surface area (Å²) < 4.78 is 4.08. The number of fused-ring (bicyclic) bond motifs is 1. The third kappa shape index (κ3) is 2.73. The van der Waals surface area contributed by atoms with Crippen LogP contribution in [0.2, 0.25) is 0 Å². The van der Waals surface area contributed by atoms with Crippen molar-refractivity contribution in [2.24, 2.45) is 0 Å². The predicted molar refractivity (Wildman–Crippen MR) is 77.3 cm³/mol. The molecule has 0 aliphatic carbocycles. The maximum Gasteiger partial charge on any atom is 0.313 e. The molecule has 8 nitrogen and oxygen atoms in total. The molecule has 21 heavy (non-hydrogen) atoms. The van der Waals surface area contributed by atoms with Crippen LogP contribution in [0.5, 0.6) is 0 Å². The number of carboxylic acids is 1. The first kappa shape index (κ1) is 13.9. The lowest BCUT2D eigenvalue weighted by Gasteiger charge is -2.28. The lowest BCUT2D eigenvalue weighted by atomic mass is 10.4. The molecule has 0 unspecified atom stereocenters. The molecule has 0 radical (unpaired) electrons. The Bertz CT molecular complexity index is 652. The van der Waals surface area contributed by atoms with E-state index < -0.39 is 5.97 Å². The minimum atomic E-state index is -0.854. The number of imidazole rings is 1. The fourth-order valence-corrected chi connectivity index (χ4v) is 3.09. The number of aliphatic carboxylic acids is 1. The normalized spacial score (nSPS) is 14.2. The summed E-state index contributed by atoms with van der Waals surface area (Å²) >= 11 is 1.19. The molecule has 1 aliphatic heterocycles. The highest BCUT2D eigenvalue weighted by Gasteiger charge is 2.23. The van der Waals surface area contributed by atoms with Gasteiger partial charge in [0.1, 0.15) is 5.82 Å². The highest BCUT2D eigenvalue weighted by atomic mass is 32.2. The SMILES string of the molecule is CCn1c(SCC(=O)O)nnc1N1CCn2ccnc2C1. The smallest absolute Gasteiger partial charge is 0.313 e. The van der Waals surface area contributed by atoms with E-state index in [1.54, 1.807) is 6.20 Å². The Kier molecular flexibility index (Phi) is 3.82. The van der Waals surface area contributed by atoms with E-state index in [1.165, 1.54) is 11.8 Å². The van der Waals surface area contributed by atoms with E-state index in [1.807, 2.05) is 17.7 Å². The Morgan fingerprint density at radius 1 is 1.43 bits per heavy atom. The topological polar surface area (TPSA) is 89.1 Å². The average Bonchev–Trinajstić information content (AvgIpc) is 3.10. The first-order valence-electron chi connectivity index (χ1n) is 6.71. The highest BCUT2D eigenvalue weighted by Crippen LogP contribution is 2.24. The van der Waals surface area contributed by atoms with E-state index in [2.05, 4.69) is 24.6 Å². The Labute approximate surface area is 125 Å². The number of nitrogens with zero attached hydrogens (tertiary/aromatic N) is 6. The molecule has 0 bridgehead atoms. The van der Waals surface area contributed by atoms with E-state index >= 15 is 0 Å². The Balaban J connectivity index is 1.81. The molecule has 1 aliphatic rings. The van der Waals surface area contributed by atoms with Crippen molar-refractivity contribution < 1.29 is 9.90 Å². The zero-order chi connectivity index (χ0) is 14.8. The van der Waals surface area contributed by atoms with Crippen molar-refractivity contribution in [2.75, 3.05) is 17.2 Å². The van der Waals surface area contributed by atoms with Crippen LogP contribution >= 0.6 is 11.8 Å². The average molecular weight is 308 g/mol. The van der Waals surface area contributed by atoms with E-state index in [0.717, 1.165) is 24.9 Å². The van der Waals surface area contributed by atoms with Crippen molar-refractivity contribution in [1.29, 1.82) is 0 Å². The molecule has 1 N–H and O–H groups in total. The van der Waals surface area contributed by atoms with Gasteiger partial charge in [-0.25, -0.2) is 4.98 Å². The quantitative estimate of drug-likeness (QED) is 0.813. The third-order valence-electron chi connectivity index (χ3n) is 3.37. The summed E-state index contributed by atoms with van der Waals surface area (Å²) in [4.78, 5) is 17.2. The van der Waals surface area contributed by atoms with Crippen molar-refractivity contribution in [2.45, 2.75) is 31.7 Å². The highest BCUT2D eigenvalue weighted by molar-refractivity contribution is 7.99. The summed E-state index contributed by atoms with van der Waals surface area (Å²) in [5.41, 5.74) is 0. The maximum atomic E-state index is 10.7. The molecule has 0 atom stereocenters. The molecule has 0 saturated heterocycles. The minimum absolute atomic E-state index is 0.0114. The Hall–Kier alpha value is -2.03. The molecular weight excluding hydrogens is 292 g/mol. The monoisotopic (exact) mass is 308 g/mol. The maximum absolute atomic E-state index is 10.7. The number of rotatable bonds is 5. The standard InChI is InChI=1S/C12H16N6O2S/c1-2-18-11(14-15-12(18)21-8-10(19)20)17-6-5-16-4-3-13-9(16)7-17/h3-4H,2,5-8H2,1H3,(H,19,20). The third-order valence-corrected chi connectivity index (χ3v) is 4.32. The molecule has 2 aromatic rings. The number of aromatic nitrogens is 5. The Morgan fingerprint density at radius 3 is 3.05 bits per heavy atom. The molecule has 0 fully saturated rings. The van der Waals surface area contributed by atoms with E-state index in [-0.39, 0.29) is 5.75 Å². The molecule has 0 spiro atoms. The summed E-state index contributed by atoms with van der Waals surface area (Å²) in [6.07, 6.45) is 3.78. The largest absolute Gasteiger partial charge is 0.481 e.